The summed E-state index contributed by atoms with van der Waals surface area (Å²) < 4.78 is 0. The van der Waals surface area contributed by atoms with E-state index in [-0.39, 0.29) is 43.3 Å². The number of rotatable bonds is 12. The van der Waals surface area contributed by atoms with E-state index in [0.717, 1.165) is 37.9 Å². The van der Waals surface area contributed by atoms with Crippen LogP contribution in [0.15, 0.2) is 0 Å². The lowest BCUT2D eigenvalue weighted by Gasteiger charge is -2.16. The van der Waals surface area contributed by atoms with E-state index in [2.05, 4.69) is 16.0 Å². The number of carbonyl (C=O) groups excluding carboxylic acids is 5. The zero-order valence-electron chi connectivity index (χ0n) is 17.5. The summed E-state index contributed by atoms with van der Waals surface area (Å²) >= 11 is 1.88. The lowest BCUT2D eigenvalue weighted by atomic mass is 10.0. The molecule has 0 saturated carbocycles. The zero-order valence-corrected chi connectivity index (χ0v) is 18.3. The third-order valence-electron chi connectivity index (χ3n) is 5.66. The molecular weight excluding hydrogens is 424 g/mol. The largest absolute Gasteiger partial charge is 0.356 e. The van der Waals surface area contributed by atoms with Crippen LogP contribution in [0, 0.1) is 0 Å². The second-order valence-corrected chi connectivity index (χ2v) is 9.35. The molecule has 3 fully saturated rings. The summed E-state index contributed by atoms with van der Waals surface area (Å²) in [6, 6.07) is 0.367. The number of nitrogens with one attached hydrogen (secondary N) is 3. The van der Waals surface area contributed by atoms with Crippen molar-refractivity contribution in [3.8, 4) is 0 Å². The summed E-state index contributed by atoms with van der Waals surface area (Å²) in [6.07, 6.45) is 5.60. The second-order valence-electron chi connectivity index (χ2n) is 8.07. The number of hydrogen-bond acceptors (Lipinski definition) is 7. The number of hydroxylamine groups is 2. The summed E-state index contributed by atoms with van der Waals surface area (Å²) in [5.41, 5.74) is 0. The molecule has 0 aromatic carbocycles. The third-order valence-corrected chi connectivity index (χ3v) is 7.17. The van der Waals surface area contributed by atoms with Crippen LogP contribution in [0.4, 0.5) is 4.79 Å². The number of amides is 5. The van der Waals surface area contributed by atoms with Gasteiger partial charge in [-0.3, -0.25) is 14.4 Å². The van der Waals surface area contributed by atoms with E-state index in [1.165, 1.54) is 0 Å². The monoisotopic (exact) mass is 454 g/mol. The molecule has 3 aliphatic heterocycles. The van der Waals surface area contributed by atoms with Crippen molar-refractivity contribution in [2.75, 3.05) is 12.3 Å². The van der Waals surface area contributed by atoms with Crippen molar-refractivity contribution < 1.29 is 28.8 Å². The molecule has 0 aromatic heterocycles. The first-order valence-electron chi connectivity index (χ1n) is 11.0. The van der Waals surface area contributed by atoms with Crippen LogP contribution in [0.3, 0.4) is 0 Å². The van der Waals surface area contributed by atoms with Crippen LogP contribution in [-0.4, -0.2) is 64.4 Å². The molecule has 3 atom stereocenters. The minimum absolute atomic E-state index is 0.0262. The van der Waals surface area contributed by atoms with Crippen molar-refractivity contribution in [3.05, 3.63) is 0 Å². The second kappa shape index (κ2) is 11.4. The first kappa shape index (κ1) is 23.4. The van der Waals surface area contributed by atoms with Gasteiger partial charge in [-0.2, -0.15) is 11.8 Å². The predicted octanol–water partition coefficient (Wildman–Crippen LogP) is 0.996. The predicted molar refractivity (Wildman–Crippen MR) is 113 cm³/mol. The number of imide groups is 1. The maximum Gasteiger partial charge on any atom is 0.333 e. The molecule has 0 aromatic rings. The molecule has 0 aliphatic carbocycles. The van der Waals surface area contributed by atoms with E-state index >= 15 is 0 Å². The summed E-state index contributed by atoms with van der Waals surface area (Å²) in [4.78, 5) is 62.6. The fourth-order valence-corrected chi connectivity index (χ4v) is 5.51. The minimum Gasteiger partial charge on any atom is -0.356 e. The van der Waals surface area contributed by atoms with E-state index in [9.17, 15) is 24.0 Å². The van der Waals surface area contributed by atoms with Gasteiger partial charge in [-0.05, 0) is 25.7 Å². The number of urea groups is 1. The quantitative estimate of drug-likeness (QED) is 0.227. The van der Waals surface area contributed by atoms with Gasteiger partial charge in [0.2, 0.25) is 5.91 Å². The molecule has 3 heterocycles. The zero-order chi connectivity index (χ0) is 22.2. The maximum absolute atomic E-state index is 11.9. The summed E-state index contributed by atoms with van der Waals surface area (Å²) in [5, 5.41) is 9.77. The SMILES string of the molecule is O=C(CCCC[C@@H]1SC[C@H]2NC(=O)N[C@@H]12)NCCCCCC(=O)ON1C(=O)CCC1=O. The molecule has 3 aliphatic rings. The van der Waals surface area contributed by atoms with Crippen molar-refractivity contribution in [2.45, 2.75) is 81.5 Å². The molecule has 5 amide bonds. The Balaban J connectivity index is 1.15. The number of nitrogens with zero attached hydrogens (tertiary/aromatic N) is 1. The van der Waals surface area contributed by atoms with Crippen molar-refractivity contribution >= 4 is 41.5 Å². The highest BCUT2D eigenvalue weighted by molar-refractivity contribution is 8.00. The van der Waals surface area contributed by atoms with Crippen LogP contribution in [-0.2, 0) is 24.0 Å². The molecule has 10 nitrogen and oxygen atoms in total. The minimum atomic E-state index is -0.590. The van der Waals surface area contributed by atoms with Gasteiger partial charge in [0, 0.05) is 43.2 Å². The van der Waals surface area contributed by atoms with Gasteiger partial charge in [-0.25, -0.2) is 9.59 Å². The smallest absolute Gasteiger partial charge is 0.333 e. The number of thioether (sulfide) groups is 1. The fourth-order valence-electron chi connectivity index (χ4n) is 3.97. The van der Waals surface area contributed by atoms with Gasteiger partial charge in [-0.15, -0.1) is 5.06 Å². The van der Waals surface area contributed by atoms with Gasteiger partial charge in [0.05, 0.1) is 12.1 Å². The number of fused-ring (bicyclic) bond motifs is 1. The molecule has 172 valence electrons. The van der Waals surface area contributed by atoms with Gasteiger partial charge < -0.3 is 20.8 Å². The van der Waals surface area contributed by atoms with E-state index in [0.29, 0.717) is 29.7 Å². The molecule has 3 saturated heterocycles. The molecule has 0 radical (unpaired) electrons. The average molecular weight is 455 g/mol. The normalized spacial score (nSPS) is 24.7. The summed E-state index contributed by atoms with van der Waals surface area (Å²) in [7, 11) is 0. The Labute approximate surface area is 185 Å². The molecule has 31 heavy (non-hydrogen) atoms. The molecule has 11 heteroatoms. The van der Waals surface area contributed by atoms with Crippen molar-refractivity contribution in [3.63, 3.8) is 0 Å². The van der Waals surface area contributed by atoms with Crippen LogP contribution in [0.25, 0.3) is 0 Å². The number of hydrogen-bond donors (Lipinski definition) is 3. The Kier molecular flexibility index (Phi) is 8.56. The fraction of sp³-hybridized carbons (Fsp3) is 0.750. The van der Waals surface area contributed by atoms with Crippen molar-refractivity contribution in [1.82, 2.24) is 21.0 Å². The van der Waals surface area contributed by atoms with Gasteiger partial charge in [0.1, 0.15) is 0 Å². The Bertz CT molecular complexity index is 702. The Hall–Kier alpha value is -2.30. The molecule has 0 bridgehead atoms. The molecule has 0 spiro atoms. The first-order chi connectivity index (χ1) is 14.9. The molecule has 3 rings (SSSR count). The topological polar surface area (TPSA) is 134 Å². The van der Waals surface area contributed by atoms with Crippen LogP contribution in [0.5, 0.6) is 0 Å². The lowest BCUT2D eigenvalue weighted by molar-refractivity contribution is -0.197. The molecule has 0 unspecified atom stereocenters. The highest BCUT2D eigenvalue weighted by atomic mass is 32.2. The van der Waals surface area contributed by atoms with E-state index in [1.54, 1.807) is 0 Å². The van der Waals surface area contributed by atoms with E-state index in [1.807, 2.05) is 11.8 Å². The van der Waals surface area contributed by atoms with Crippen molar-refractivity contribution in [1.29, 1.82) is 0 Å². The molecule has 3 N–H and O–H groups in total. The van der Waals surface area contributed by atoms with Gasteiger partial charge >= 0.3 is 12.0 Å². The van der Waals surface area contributed by atoms with Crippen LogP contribution < -0.4 is 16.0 Å². The van der Waals surface area contributed by atoms with Crippen LogP contribution in [0.1, 0.15) is 64.2 Å². The highest BCUT2D eigenvalue weighted by Crippen LogP contribution is 2.33. The van der Waals surface area contributed by atoms with E-state index in [4.69, 9.17) is 4.84 Å². The molecular formula is C20H30N4O6S. The Morgan fingerprint density at radius 1 is 1.00 bits per heavy atom. The lowest BCUT2D eigenvalue weighted by Crippen LogP contribution is -2.36. The average Bonchev–Trinajstić information content (AvgIpc) is 3.38. The highest BCUT2D eigenvalue weighted by Gasteiger charge is 2.42. The Morgan fingerprint density at radius 3 is 2.52 bits per heavy atom. The third kappa shape index (κ3) is 6.84. The van der Waals surface area contributed by atoms with Crippen LogP contribution in [0.2, 0.25) is 0 Å². The van der Waals surface area contributed by atoms with E-state index < -0.39 is 17.8 Å². The summed E-state index contributed by atoms with van der Waals surface area (Å²) in [6.45, 7) is 0.552. The number of unbranched alkanes of at least 4 members (excludes halogenated alkanes) is 3. The van der Waals surface area contributed by atoms with Gasteiger partial charge in [0.25, 0.3) is 11.8 Å². The number of carbonyl (C=O) groups is 5. The van der Waals surface area contributed by atoms with Crippen molar-refractivity contribution in [2.24, 2.45) is 0 Å². The van der Waals surface area contributed by atoms with Gasteiger partial charge in [-0.1, -0.05) is 12.8 Å². The maximum atomic E-state index is 11.9. The first-order valence-corrected chi connectivity index (χ1v) is 12.0. The van der Waals surface area contributed by atoms with Crippen LogP contribution >= 0.6 is 11.8 Å². The van der Waals surface area contributed by atoms with Gasteiger partial charge in [0.15, 0.2) is 0 Å². The standard InChI is InChI=1S/C20H30N4O6S/c25-15(7-4-3-6-14-19-13(12-31-14)22-20(29)23-19)21-11-5-1-2-8-18(28)30-24-16(26)9-10-17(24)27/h13-14,19H,1-12H2,(H,21,25)(H2,22,23,29)/t13-,14+,19-/m1/s1. The Morgan fingerprint density at radius 2 is 1.74 bits per heavy atom. The summed E-state index contributed by atoms with van der Waals surface area (Å²) in [5.74, 6) is -0.574.